The SMILES string of the molecule is COc1cc2c(cc1C(C)OC(=O)C(C)C)C(=O)C(=C(C)C)O2. The summed E-state index contributed by atoms with van der Waals surface area (Å²) >= 11 is 0. The van der Waals surface area contributed by atoms with Crippen LogP contribution < -0.4 is 9.47 Å². The van der Waals surface area contributed by atoms with E-state index in [4.69, 9.17) is 14.2 Å². The van der Waals surface area contributed by atoms with E-state index in [2.05, 4.69) is 0 Å². The lowest BCUT2D eigenvalue weighted by Gasteiger charge is -2.18. The smallest absolute Gasteiger partial charge is 0.308 e. The molecule has 0 N–H and O–H groups in total. The van der Waals surface area contributed by atoms with Crippen molar-refractivity contribution in [3.8, 4) is 11.5 Å². The van der Waals surface area contributed by atoms with Crippen molar-refractivity contribution in [2.75, 3.05) is 7.11 Å². The third kappa shape index (κ3) is 3.23. The molecule has 1 heterocycles. The molecule has 1 unspecified atom stereocenters. The number of rotatable bonds is 4. The van der Waals surface area contributed by atoms with Gasteiger partial charge in [0.15, 0.2) is 5.76 Å². The van der Waals surface area contributed by atoms with Gasteiger partial charge in [0.25, 0.3) is 0 Å². The van der Waals surface area contributed by atoms with Gasteiger partial charge in [0.2, 0.25) is 5.78 Å². The van der Waals surface area contributed by atoms with Gasteiger partial charge < -0.3 is 14.2 Å². The fraction of sp³-hybridized carbons (Fsp3) is 0.444. The summed E-state index contributed by atoms with van der Waals surface area (Å²) < 4.78 is 16.4. The topological polar surface area (TPSA) is 61.8 Å². The minimum atomic E-state index is -0.520. The number of hydrogen-bond donors (Lipinski definition) is 0. The molecule has 5 heteroatoms. The van der Waals surface area contributed by atoms with Crippen LogP contribution in [0.5, 0.6) is 11.5 Å². The number of fused-ring (bicyclic) bond motifs is 1. The Morgan fingerprint density at radius 3 is 2.35 bits per heavy atom. The minimum Gasteiger partial charge on any atom is -0.496 e. The van der Waals surface area contributed by atoms with Crippen molar-refractivity contribution in [2.24, 2.45) is 5.92 Å². The maximum atomic E-state index is 12.4. The van der Waals surface area contributed by atoms with Crippen molar-refractivity contribution in [1.82, 2.24) is 0 Å². The van der Waals surface area contributed by atoms with Gasteiger partial charge in [-0.05, 0) is 32.4 Å². The molecular weight excluding hydrogens is 296 g/mol. The van der Waals surface area contributed by atoms with Crippen molar-refractivity contribution in [2.45, 2.75) is 40.7 Å². The van der Waals surface area contributed by atoms with Crippen LogP contribution in [0.1, 0.15) is 56.6 Å². The Labute approximate surface area is 136 Å². The molecule has 2 rings (SSSR count). The highest BCUT2D eigenvalue weighted by Gasteiger charge is 2.31. The summed E-state index contributed by atoms with van der Waals surface area (Å²) in [5.74, 6) is 0.648. The van der Waals surface area contributed by atoms with E-state index in [1.165, 1.54) is 7.11 Å². The van der Waals surface area contributed by atoms with E-state index >= 15 is 0 Å². The third-order valence-corrected chi connectivity index (χ3v) is 3.65. The van der Waals surface area contributed by atoms with Crippen molar-refractivity contribution >= 4 is 11.8 Å². The van der Waals surface area contributed by atoms with Crippen molar-refractivity contribution in [3.05, 3.63) is 34.6 Å². The lowest BCUT2D eigenvalue weighted by molar-refractivity contribution is -0.152. The molecule has 1 aliphatic rings. The molecule has 0 saturated carbocycles. The Kier molecular flexibility index (Phi) is 4.78. The summed E-state index contributed by atoms with van der Waals surface area (Å²) in [5, 5.41) is 0. The molecule has 5 nitrogen and oxygen atoms in total. The molecule has 0 aliphatic carbocycles. The van der Waals surface area contributed by atoms with E-state index in [0.717, 1.165) is 5.57 Å². The van der Waals surface area contributed by atoms with Gasteiger partial charge in [0, 0.05) is 11.6 Å². The number of benzene rings is 1. The average molecular weight is 318 g/mol. The first-order valence-corrected chi connectivity index (χ1v) is 7.58. The maximum Gasteiger partial charge on any atom is 0.308 e. The second-order valence-electron chi connectivity index (χ2n) is 6.08. The quantitative estimate of drug-likeness (QED) is 0.624. The molecule has 1 aliphatic heterocycles. The Hall–Kier alpha value is -2.30. The van der Waals surface area contributed by atoms with Gasteiger partial charge in [0.05, 0.1) is 18.6 Å². The monoisotopic (exact) mass is 318 g/mol. The Balaban J connectivity index is 2.42. The molecule has 0 saturated heterocycles. The highest BCUT2D eigenvalue weighted by atomic mass is 16.5. The number of esters is 1. The summed E-state index contributed by atoms with van der Waals surface area (Å²) in [6, 6.07) is 3.35. The van der Waals surface area contributed by atoms with Crippen LogP contribution in [-0.4, -0.2) is 18.9 Å². The van der Waals surface area contributed by atoms with Gasteiger partial charge in [0.1, 0.15) is 17.6 Å². The number of carbonyl (C=O) groups is 2. The number of carbonyl (C=O) groups excluding carboxylic acids is 2. The van der Waals surface area contributed by atoms with Crippen molar-refractivity contribution in [3.63, 3.8) is 0 Å². The van der Waals surface area contributed by atoms with Crippen LogP contribution in [0.25, 0.3) is 0 Å². The molecule has 1 aromatic rings. The lowest BCUT2D eigenvalue weighted by atomic mass is 10.0. The predicted molar refractivity (Wildman–Crippen MR) is 85.7 cm³/mol. The maximum absolute atomic E-state index is 12.4. The summed E-state index contributed by atoms with van der Waals surface area (Å²) in [7, 11) is 1.53. The molecule has 0 fully saturated rings. The molecule has 0 aromatic heterocycles. The Bertz CT molecular complexity index is 681. The Morgan fingerprint density at radius 2 is 1.83 bits per heavy atom. The number of ether oxygens (including phenoxy) is 3. The summed E-state index contributed by atoms with van der Waals surface area (Å²) in [4.78, 5) is 24.2. The standard InChI is InChI=1S/C18H22O5/c1-9(2)17-16(19)13-7-12(11(5)22-18(20)10(3)4)14(21-6)8-15(13)23-17/h7-8,10-11H,1-6H3. The zero-order valence-electron chi connectivity index (χ0n) is 14.4. The minimum absolute atomic E-state index is 0.161. The van der Waals surface area contributed by atoms with Crippen LogP contribution >= 0.6 is 0 Å². The number of methoxy groups -OCH3 is 1. The molecule has 1 aromatic carbocycles. The van der Waals surface area contributed by atoms with Gasteiger partial charge in [-0.1, -0.05) is 13.8 Å². The highest BCUT2D eigenvalue weighted by Crippen LogP contribution is 2.40. The first-order chi connectivity index (χ1) is 10.8. The van der Waals surface area contributed by atoms with E-state index in [0.29, 0.717) is 28.4 Å². The van der Waals surface area contributed by atoms with Crippen LogP contribution in [0, 0.1) is 5.92 Å². The zero-order chi connectivity index (χ0) is 17.3. The van der Waals surface area contributed by atoms with E-state index in [9.17, 15) is 9.59 Å². The zero-order valence-corrected chi connectivity index (χ0v) is 14.4. The second kappa shape index (κ2) is 6.44. The van der Waals surface area contributed by atoms with Crippen molar-refractivity contribution in [1.29, 1.82) is 0 Å². The third-order valence-electron chi connectivity index (χ3n) is 3.65. The lowest BCUT2D eigenvalue weighted by Crippen LogP contribution is -2.15. The molecule has 0 spiro atoms. The molecule has 0 amide bonds. The number of allylic oxidation sites excluding steroid dienone is 2. The normalized spacial score (nSPS) is 14.4. The van der Waals surface area contributed by atoms with E-state index in [1.54, 1.807) is 32.9 Å². The Morgan fingerprint density at radius 1 is 1.17 bits per heavy atom. The summed E-state index contributed by atoms with van der Waals surface area (Å²) in [5.41, 5.74) is 1.92. The number of Topliss-reactive ketones (excluding diaryl/α,β-unsaturated/α-hetero) is 1. The van der Waals surface area contributed by atoms with E-state index < -0.39 is 6.10 Å². The van der Waals surface area contributed by atoms with Crippen molar-refractivity contribution < 1.29 is 23.8 Å². The number of hydrogen-bond acceptors (Lipinski definition) is 5. The van der Waals surface area contributed by atoms with Crippen LogP contribution in [0.4, 0.5) is 0 Å². The highest BCUT2D eigenvalue weighted by molar-refractivity contribution is 6.12. The number of ketones is 1. The summed E-state index contributed by atoms with van der Waals surface area (Å²) in [6.07, 6.45) is -0.520. The van der Waals surface area contributed by atoms with Gasteiger partial charge in [-0.25, -0.2) is 0 Å². The van der Waals surface area contributed by atoms with Gasteiger partial charge in [-0.15, -0.1) is 0 Å². The molecule has 0 bridgehead atoms. The molecule has 23 heavy (non-hydrogen) atoms. The van der Waals surface area contributed by atoms with Crippen LogP contribution in [0.2, 0.25) is 0 Å². The van der Waals surface area contributed by atoms with Gasteiger partial charge in [-0.3, -0.25) is 9.59 Å². The molecular formula is C18H22O5. The summed E-state index contributed by atoms with van der Waals surface area (Å²) in [6.45, 7) is 8.95. The van der Waals surface area contributed by atoms with Gasteiger partial charge in [-0.2, -0.15) is 0 Å². The molecule has 0 radical (unpaired) electrons. The van der Waals surface area contributed by atoms with E-state index in [1.807, 2.05) is 13.8 Å². The fourth-order valence-corrected chi connectivity index (χ4v) is 2.32. The average Bonchev–Trinajstić information content (AvgIpc) is 2.82. The van der Waals surface area contributed by atoms with Gasteiger partial charge >= 0.3 is 5.97 Å². The van der Waals surface area contributed by atoms with Crippen LogP contribution in [-0.2, 0) is 9.53 Å². The predicted octanol–water partition coefficient (Wildman–Crippen LogP) is 3.82. The first kappa shape index (κ1) is 17.1. The molecule has 1 atom stereocenters. The van der Waals surface area contributed by atoms with E-state index in [-0.39, 0.29) is 17.7 Å². The second-order valence-corrected chi connectivity index (χ2v) is 6.08. The molecule has 124 valence electrons. The van der Waals surface area contributed by atoms with Crippen LogP contribution in [0.15, 0.2) is 23.5 Å². The first-order valence-electron chi connectivity index (χ1n) is 7.58. The fourth-order valence-electron chi connectivity index (χ4n) is 2.32. The van der Waals surface area contributed by atoms with Crippen LogP contribution in [0.3, 0.4) is 0 Å². The largest absolute Gasteiger partial charge is 0.496 e.